The molecular weight excluding hydrogens is 433 g/mol. The Kier molecular flexibility index (Phi) is 7.93. The number of nitro benzene ring substituents is 1. The Morgan fingerprint density at radius 1 is 1.19 bits per heavy atom. The number of thioether (sulfide) groups is 1. The van der Waals surface area contributed by atoms with Crippen LogP contribution in [0.1, 0.15) is 50.5 Å². The van der Waals surface area contributed by atoms with Gasteiger partial charge in [-0.1, -0.05) is 37.2 Å². The van der Waals surface area contributed by atoms with Crippen LogP contribution < -0.4 is 5.32 Å². The van der Waals surface area contributed by atoms with Crippen LogP contribution in [0.2, 0.25) is 0 Å². The molecule has 32 heavy (non-hydrogen) atoms. The Labute approximate surface area is 189 Å². The summed E-state index contributed by atoms with van der Waals surface area (Å²) in [6.07, 6.45) is 2.15. The van der Waals surface area contributed by atoms with Crippen molar-refractivity contribution in [2.24, 2.45) is 0 Å². The van der Waals surface area contributed by atoms with Gasteiger partial charge in [-0.05, 0) is 43.2 Å². The first kappa shape index (κ1) is 23.4. The fraction of sp³-hybridized carbons (Fsp3) is 0.318. The molecule has 1 heterocycles. The van der Waals surface area contributed by atoms with Crippen molar-refractivity contribution < 1.29 is 14.1 Å². The molecule has 10 heteroatoms. The number of hydrogen-bond acceptors (Lipinski definition) is 6. The third kappa shape index (κ3) is 5.91. The summed E-state index contributed by atoms with van der Waals surface area (Å²) in [5, 5.41) is 23.1. The van der Waals surface area contributed by atoms with Gasteiger partial charge in [-0.25, -0.2) is 4.39 Å². The Bertz CT molecular complexity index is 1070. The molecule has 0 spiro atoms. The maximum Gasteiger partial charge on any atom is 0.269 e. The average molecular weight is 458 g/mol. The number of carbonyl (C=O) groups is 1. The van der Waals surface area contributed by atoms with E-state index in [0.29, 0.717) is 28.8 Å². The van der Waals surface area contributed by atoms with Gasteiger partial charge < -0.3 is 5.32 Å². The van der Waals surface area contributed by atoms with E-state index in [2.05, 4.69) is 15.5 Å². The highest BCUT2D eigenvalue weighted by molar-refractivity contribution is 7.98. The number of aromatic nitrogens is 3. The summed E-state index contributed by atoms with van der Waals surface area (Å²) in [4.78, 5) is 22.8. The van der Waals surface area contributed by atoms with Crippen molar-refractivity contribution in [1.29, 1.82) is 0 Å². The van der Waals surface area contributed by atoms with E-state index < -0.39 is 11.0 Å². The molecule has 0 saturated heterocycles. The molecule has 2 aromatic carbocycles. The number of halogens is 1. The molecule has 1 amide bonds. The summed E-state index contributed by atoms with van der Waals surface area (Å²) in [6, 6.07) is 11.9. The SMILES string of the molecule is CCCCC(=O)NC(C)c1nnc(SCc2ccc(F)cc2)n1-c1ccc([N+](=O)[O-])cc1. The first-order chi connectivity index (χ1) is 15.4. The topological polar surface area (TPSA) is 103 Å². The van der Waals surface area contributed by atoms with Gasteiger partial charge in [-0.3, -0.25) is 19.5 Å². The van der Waals surface area contributed by atoms with Gasteiger partial charge in [0.2, 0.25) is 5.91 Å². The summed E-state index contributed by atoms with van der Waals surface area (Å²) in [5.41, 5.74) is 1.54. The molecule has 1 unspecified atom stereocenters. The molecule has 168 valence electrons. The standard InChI is InChI=1S/C22H24FN5O3S/c1-3-4-5-20(29)24-15(2)21-25-26-22(32-14-16-6-8-17(23)9-7-16)27(21)18-10-12-19(13-11-18)28(30)31/h6-13,15H,3-5,14H2,1-2H3,(H,24,29). The number of non-ortho nitro benzene ring substituents is 1. The van der Waals surface area contributed by atoms with Gasteiger partial charge >= 0.3 is 0 Å². The quantitative estimate of drug-likeness (QED) is 0.262. The highest BCUT2D eigenvalue weighted by Gasteiger charge is 2.21. The number of nitrogens with zero attached hydrogens (tertiary/aromatic N) is 4. The van der Waals surface area contributed by atoms with E-state index in [4.69, 9.17) is 0 Å². The van der Waals surface area contributed by atoms with E-state index in [0.717, 1.165) is 18.4 Å². The van der Waals surface area contributed by atoms with Crippen LogP contribution in [-0.2, 0) is 10.5 Å². The highest BCUT2D eigenvalue weighted by atomic mass is 32.2. The van der Waals surface area contributed by atoms with E-state index >= 15 is 0 Å². The van der Waals surface area contributed by atoms with Crippen molar-refractivity contribution >= 4 is 23.4 Å². The van der Waals surface area contributed by atoms with Crippen molar-refractivity contribution in [3.63, 3.8) is 0 Å². The number of carbonyl (C=O) groups excluding carboxylic acids is 1. The number of hydrogen-bond donors (Lipinski definition) is 1. The van der Waals surface area contributed by atoms with Gasteiger partial charge in [0.05, 0.1) is 11.0 Å². The Balaban J connectivity index is 1.89. The summed E-state index contributed by atoms with van der Waals surface area (Å²) in [6.45, 7) is 3.84. The largest absolute Gasteiger partial charge is 0.346 e. The zero-order valence-electron chi connectivity index (χ0n) is 17.8. The Morgan fingerprint density at radius 2 is 1.88 bits per heavy atom. The van der Waals surface area contributed by atoms with Crippen molar-refractivity contribution in [1.82, 2.24) is 20.1 Å². The number of unbranched alkanes of at least 4 members (excludes halogenated alkanes) is 1. The van der Waals surface area contributed by atoms with Crippen LogP contribution >= 0.6 is 11.8 Å². The van der Waals surface area contributed by atoms with Gasteiger partial charge in [0.15, 0.2) is 11.0 Å². The van der Waals surface area contributed by atoms with Crippen LogP contribution in [0, 0.1) is 15.9 Å². The van der Waals surface area contributed by atoms with E-state index in [1.807, 2.05) is 13.8 Å². The molecule has 0 aliphatic rings. The summed E-state index contributed by atoms with van der Waals surface area (Å²) < 4.78 is 15.0. The molecule has 3 rings (SSSR count). The van der Waals surface area contributed by atoms with Gasteiger partial charge in [-0.15, -0.1) is 10.2 Å². The van der Waals surface area contributed by atoms with Crippen LogP contribution in [0.15, 0.2) is 53.7 Å². The number of benzene rings is 2. The summed E-state index contributed by atoms with van der Waals surface area (Å²) >= 11 is 1.40. The maximum absolute atomic E-state index is 13.2. The lowest BCUT2D eigenvalue weighted by Crippen LogP contribution is -2.28. The van der Waals surface area contributed by atoms with E-state index in [-0.39, 0.29) is 17.4 Å². The predicted octanol–water partition coefficient (Wildman–Crippen LogP) is 4.97. The fourth-order valence-corrected chi connectivity index (χ4v) is 3.98. The highest BCUT2D eigenvalue weighted by Crippen LogP contribution is 2.28. The van der Waals surface area contributed by atoms with Gasteiger partial charge in [0, 0.05) is 30.0 Å². The Hall–Kier alpha value is -3.27. The van der Waals surface area contributed by atoms with Gasteiger partial charge in [0.1, 0.15) is 5.82 Å². The molecule has 1 atom stereocenters. The fourth-order valence-electron chi connectivity index (χ4n) is 3.07. The zero-order valence-corrected chi connectivity index (χ0v) is 18.6. The average Bonchev–Trinajstić information content (AvgIpc) is 3.21. The lowest BCUT2D eigenvalue weighted by molar-refractivity contribution is -0.384. The minimum Gasteiger partial charge on any atom is -0.346 e. The first-order valence-corrected chi connectivity index (χ1v) is 11.2. The number of nitrogens with one attached hydrogen (secondary N) is 1. The monoisotopic (exact) mass is 457 g/mol. The zero-order chi connectivity index (χ0) is 23.1. The Morgan fingerprint density at radius 3 is 2.50 bits per heavy atom. The smallest absolute Gasteiger partial charge is 0.269 e. The summed E-state index contributed by atoms with van der Waals surface area (Å²) in [7, 11) is 0. The summed E-state index contributed by atoms with van der Waals surface area (Å²) in [5.74, 6) is 0.675. The lowest BCUT2D eigenvalue weighted by atomic mass is 10.2. The van der Waals surface area contributed by atoms with Crippen molar-refractivity contribution in [2.75, 3.05) is 0 Å². The van der Waals surface area contributed by atoms with Crippen LogP contribution in [0.5, 0.6) is 0 Å². The molecule has 0 radical (unpaired) electrons. The van der Waals surface area contributed by atoms with Crippen LogP contribution in [-0.4, -0.2) is 25.6 Å². The molecule has 1 N–H and O–H groups in total. The number of nitro groups is 1. The van der Waals surface area contributed by atoms with E-state index in [1.165, 1.54) is 36.0 Å². The van der Waals surface area contributed by atoms with Crippen LogP contribution in [0.4, 0.5) is 10.1 Å². The second kappa shape index (κ2) is 10.9. The van der Waals surface area contributed by atoms with E-state index in [1.54, 1.807) is 28.8 Å². The molecule has 0 bridgehead atoms. The molecule has 1 aromatic heterocycles. The maximum atomic E-state index is 13.2. The van der Waals surface area contributed by atoms with Crippen LogP contribution in [0.25, 0.3) is 5.69 Å². The predicted molar refractivity (Wildman–Crippen MR) is 120 cm³/mol. The molecule has 8 nitrogen and oxygen atoms in total. The lowest BCUT2D eigenvalue weighted by Gasteiger charge is -2.16. The van der Waals surface area contributed by atoms with Crippen LogP contribution in [0.3, 0.4) is 0 Å². The first-order valence-electron chi connectivity index (χ1n) is 10.3. The van der Waals surface area contributed by atoms with Crippen molar-refractivity contribution in [2.45, 2.75) is 50.1 Å². The van der Waals surface area contributed by atoms with Crippen molar-refractivity contribution in [3.8, 4) is 5.69 Å². The minimum absolute atomic E-state index is 0.0233. The van der Waals surface area contributed by atoms with E-state index in [9.17, 15) is 19.3 Å². The molecular formula is C22H24FN5O3S. The second-order valence-corrected chi connectivity index (χ2v) is 8.20. The second-order valence-electron chi connectivity index (χ2n) is 7.26. The third-order valence-corrected chi connectivity index (χ3v) is 5.78. The minimum atomic E-state index is -0.461. The molecule has 0 aliphatic heterocycles. The third-order valence-electron chi connectivity index (χ3n) is 4.78. The van der Waals surface area contributed by atoms with Gasteiger partial charge in [0.25, 0.3) is 5.69 Å². The number of amides is 1. The molecule has 0 aliphatic carbocycles. The van der Waals surface area contributed by atoms with Gasteiger partial charge in [-0.2, -0.15) is 0 Å². The molecule has 3 aromatic rings. The molecule has 0 fully saturated rings. The molecule has 0 saturated carbocycles. The number of rotatable bonds is 10. The van der Waals surface area contributed by atoms with Crippen molar-refractivity contribution in [3.05, 3.63) is 75.9 Å². The normalized spacial score (nSPS) is 11.8.